The van der Waals surface area contributed by atoms with E-state index in [4.69, 9.17) is 0 Å². The highest BCUT2D eigenvalue weighted by atomic mass is 35.5. The van der Waals surface area contributed by atoms with E-state index in [-0.39, 0.29) is 30.8 Å². The number of carbonyl (C=O) groups excluding carboxylic acids is 2. The molecule has 1 aromatic heterocycles. The second-order valence-corrected chi connectivity index (χ2v) is 11.2. The van der Waals surface area contributed by atoms with Crippen LogP contribution in [-0.4, -0.2) is 101 Å². The van der Waals surface area contributed by atoms with E-state index in [1.807, 2.05) is 19.9 Å². The summed E-state index contributed by atoms with van der Waals surface area (Å²) in [5, 5.41) is 4.55. The van der Waals surface area contributed by atoms with E-state index < -0.39 is 27.9 Å². The van der Waals surface area contributed by atoms with Crippen LogP contribution in [-0.2, 0) is 28.4 Å². The Balaban J connectivity index is 0.00000306. The lowest BCUT2D eigenvalue weighted by Crippen LogP contribution is -2.44. The lowest BCUT2D eigenvalue weighted by atomic mass is 9.89. The van der Waals surface area contributed by atoms with Crippen molar-refractivity contribution in [2.24, 2.45) is 18.9 Å². The molecule has 0 aliphatic carbocycles. The second-order valence-electron chi connectivity index (χ2n) is 9.39. The molecule has 10 nitrogen and oxygen atoms in total. The van der Waals surface area contributed by atoms with Crippen LogP contribution in [0, 0.1) is 11.8 Å². The molecule has 184 valence electrons. The first-order chi connectivity index (χ1) is 15.0. The van der Waals surface area contributed by atoms with E-state index in [0.717, 1.165) is 42.4 Å². The van der Waals surface area contributed by atoms with Crippen molar-refractivity contribution in [3.05, 3.63) is 29.2 Å². The van der Waals surface area contributed by atoms with Gasteiger partial charge in [0.25, 0.3) is 5.91 Å². The number of rotatable bonds is 5. The fourth-order valence-corrected chi connectivity index (χ4v) is 5.98. The van der Waals surface area contributed by atoms with Crippen LogP contribution in [0.5, 0.6) is 0 Å². The van der Waals surface area contributed by atoms with Crippen molar-refractivity contribution < 1.29 is 18.0 Å². The molecule has 4 rings (SSSR count). The average Bonchev–Trinajstić information content (AvgIpc) is 3.34. The van der Waals surface area contributed by atoms with Crippen LogP contribution in [0.2, 0.25) is 0 Å². The summed E-state index contributed by atoms with van der Waals surface area (Å²) in [6.45, 7) is 8.62. The average molecular weight is 501 g/mol. The van der Waals surface area contributed by atoms with Gasteiger partial charge in [-0.05, 0) is 25.1 Å². The van der Waals surface area contributed by atoms with Crippen molar-refractivity contribution >= 4 is 34.2 Å². The highest BCUT2D eigenvalue weighted by Crippen LogP contribution is 2.41. The largest absolute Gasteiger partial charge is 0.324 e. The number of hydrogen-bond donors (Lipinski definition) is 0. The molecule has 33 heavy (non-hydrogen) atoms. The van der Waals surface area contributed by atoms with Gasteiger partial charge in [-0.25, -0.2) is 12.7 Å². The highest BCUT2D eigenvalue weighted by Gasteiger charge is 2.55. The van der Waals surface area contributed by atoms with Gasteiger partial charge >= 0.3 is 0 Å². The summed E-state index contributed by atoms with van der Waals surface area (Å²) in [5.41, 5.74) is 1.66. The Hall–Kier alpha value is -1.95. The van der Waals surface area contributed by atoms with E-state index in [0.29, 0.717) is 17.9 Å². The number of carbonyl (C=O) groups is 2. The van der Waals surface area contributed by atoms with Gasteiger partial charge < -0.3 is 9.80 Å². The van der Waals surface area contributed by atoms with E-state index >= 15 is 0 Å². The number of hydrogen-bond acceptors (Lipinski definition) is 7. The molecule has 1 aromatic rings. The molecule has 2 fully saturated rings. The number of fused-ring (bicyclic) bond motifs is 1. The predicted octanol–water partition coefficient (Wildman–Crippen LogP) is 0.372. The van der Waals surface area contributed by atoms with Crippen LogP contribution in [0.3, 0.4) is 0 Å². The fourth-order valence-electron chi connectivity index (χ4n) is 4.96. The first kappa shape index (κ1) is 25.7. The smallest absolute Gasteiger partial charge is 0.272 e. The minimum absolute atomic E-state index is 0. The number of aryl methyl sites for hydroxylation is 1. The maximum Gasteiger partial charge on any atom is 0.272 e. The zero-order valence-electron chi connectivity index (χ0n) is 19.8. The standard InChI is InChI=1S/C21H32N6O4S.ClH/c1-14(2)18-19-16(27(21(18)29)32(5,30)31)6-7-26(19)20(28)17-12-15(22-24(17)4)13-25-10-8-23(3)9-11-25;/h6,12,14,18-19H,7-11,13H2,1-5H3;1H/t18-,19+;/m1./s1. The maximum absolute atomic E-state index is 13.5. The summed E-state index contributed by atoms with van der Waals surface area (Å²) in [6, 6.07) is 1.23. The number of nitrogens with zero attached hydrogens (tertiary/aromatic N) is 6. The van der Waals surface area contributed by atoms with Crippen LogP contribution >= 0.6 is 12.4 Å². The van der Waals surface area contributed by atoms with E-state index in [1.54, 1.807) is 22.7 Å². The van der Waals surface area contributed by atoms with Crippen LogP contribution in [0.1, 0.15) is 30.0 Å². The van der Waals surface area contributed by atoms with Gasteiger partial charge in [0.05, 0.1) is 29.6 Å². The first-order valence-electron chi connectivity index (χ1n) is 11.0. The molecule has 2 atom stereocenters. The molecular formula is C21H33ClN6O4S. The van der Waals surface area contributed by atoms with Gasteiger partial charge in [0.1, 0.15) is 5.69 Å². The summed E-state index contributed by atoms with van der Waals surface area (Å²) in [6.07, 6.45) is 2.72. The first-order valence-corrected chi connectivity index (χ1v) is 12.8. The van der Waals surface area contributed by atoms with E-state index in [9.17, 15) is 18.0 Å². The minimum Gasteiger partial charge on any atom is -0.324 e. The normalized spacial score (nSPS) is 24.3. The van der Waals surface area contributed by atoms with Crippen molar-refractivity contribution in [1.29, 1.82) is 0 Å². The van der Waals surface area contributed by atoms with Gasteiger partial charge in [-0.2, -0.15) is 5.10 Å². The molecule has 4 heterocycles. The zero-order chi connectivity index (χ0) is 23.4. The summed E-state index contributed by atoms with van der Waals surface area (Å²) in [5.74, 6) is -1.41. The molecule has 0 N–H and O–H groups in total. The third-order valence-corrected chi connectivity index (χ3v) is 7.69. The van der Waals surface area contributed by atoms with Crippen LogP contribution in [0.25, 0.3) is 0 Å². The molecular weight excluding hydrogens is 468 g/mol. The van der Waals surface area contributed by atoms with Crippen molar-refractivity contribution in [2.75, 3.05) is 46.0 Å². The molecule has 2 saturated heterocycles. The van der Waals surface area contributed by atoms with Crippen LogP contribution in [0.4, 0.5) is 0 Å². The van der Waals surface area contributed by atoms with Gasteiger partial charge in [0, 0.05) is 46.3 Å². The Bertz CT molecular complexity index is 1060. The molecule has 0 bridgehead atoms. The molecule has 0 unspecified atom stereocenters. The minimum atomic E-state index is -3.76. The Kier molecular flexibility index (Phi) is 7.28. The molecule has 0 aromatic carbocycles. The lowest BCUT2D eigenvalue weighted by Gasteiger charge is -2.31. The Labute approximate surface area is 201 Å². The summed E-state index contributed by atoms with van der Waals surface area (Å²) < 4.78 is 27.1. The summed E-state index contributed by atoms with van der Waals surface area (Å²) in [7, 11) is 0.0917. The molecule has 2 amide bonds. The van der Waals surface area contributed by atoms with Gasteiger partial charge in [-0.3, -0.25) is 19.2 Å². The van der Waals surface area contributed by atoms with Crippen molar-refractivity contribution in [2.45, 2.75) is 26.4 Å². The van der Waals surface area contributed by atoms with Gasteiger partial charge in [-0.1, -0.05) is 13.8 Å². The number of halogens is 1. The van der Waals surface area contributed by atoms with Gasteiger partial charge in [0.2, 0.25) is 15.9 Å². The number of amides is 2. The quantitative estimate of drug-likeness (QED) is 0.576. The third kappa shape index (κ3) is 4.68. The van der Waals surface area contributed by atoms with Gasteiger partial charge in [0.15, 0.2) is 0 Å². The number of likely N-dealkylation sites (N-methyl/N-ethyl adjacent to an activating group) is 1. The van der Waals surface area contributed by atoms with Crippen molar-refractivity contribution in [3.63, 3.8) is 0 Å². The predicted molar refractivity (Wildman–Crippen MR) is 126 cm³/mol. The molecule has 0 radical (unpaired) electrons. The Morgan fingerprint density at radius 1 is 1.18 bits per heavy atom. The second kappa shape index (κ2) is 9.36. The molecule has 3 aliphatic heterocycles. The highest BCUT2D eigenvalue weighted by molar-refractivity contribution is 7.89. The number of piperazine rings is 1. The van der Waals surface area contributed by atoms with E-state index in [2.05, 4.69) is 21.9 Å². The fraction of sp³-hybridized carbons (Fsp3) is 0.667. The monoisotopic (exact) mass is 500 g/mol. The summed E-state index contributed by atoms with van der Waals surface area (Å²) in [4.78, 5) is 32.7. The molecule has 3 aliphatic rings. The van der Waals surface area contributed by atoms with Crippen LogP contribution < -0.4 is 0 Å². The van der Waals surface area contributed by atoms with Gasteiger partial charge in [-0.15, -0.1) is 12.4 Å². The SMILES string of the molecule is CC(C)[C@H]1C(=O)N(S(C)(=O)=O)C2=CCN(C(=O)c3cc(CN4CCN(C)CC4)nn3C)[C@@H]21.Cl. The maximum atomic E-state index is 13.5. The molecule has 0 saturated carbocycles. The molecule has 0 spiro atoms. The topological polar surface area (TPSA) is 99.1 Å². The summed E-state index contributed by atoms with van der Waals surface area (Å²) >= 11 is 0. The van der Waals surface area contributed by atoms with Crippen LogP contribution in [0.15, 0.2) is 17.8 Å². The number of sulfonamides is 1. The third-order valence-electron chi connectivity index (χ3n) is 6.64. The molecule has 12 heteroatoms. The van der Waals surface area contributed by atoms with E-state index in [1.165, 1.54) is 0 Å². The zero-order valence-corrected chi connectivity index (χ0v) is 21.4. The Morgan fingerprint density at radius 3 is 2.39 bits per heavy atom. The number of aromatic nitrogens is 2. The van der Waals surface area contributed by atoms with Crippen molar-refractivity contribution in [3.8, 4) is 0 Å². The van der Waals surface area contributed by atoms with Crippen molar-refractivity contribution in [1.82, 2.24) is 28.8 Å². The Morgan fingerprint density at radius 2 is 1.82 bits per heavy atom. The lowest BCUT2D eigenvalue weighted by molar-refractivity contribution is -0.128.